The Labute approximate surface area is 116 Å². The zero-order valence-electron chi connectivity index (χ0n) is 11.5. The first-order valence-electron chi connectivity index (χ1n) is 7.19. The molecule has 1 fully saturated rings. The van der Waals surface area contributed by atoms with E-state index in [1.807, 2.05) is 18.2 Å². The van der Waals surface area contributed by atoms with Crippen LogP contribution in [0.15, 0.2) is 30.3 Å². The minimum absolute atomic E-state index is 0.164. The van der Waals surface area contributed by atoms with Gasteiger partial charge in [0.1, 0.15) is 0 Å². The molecule has 1 amide bonds. The first-order chi connectivity index (χ1) is 9.34. The third-order valence-electron chi connectivity index (χ3n) is 3.49. The van der Waals surface area contributed by atoms with Crippen molar-refractivity contribution in [2.75, 3.05) is 26.2 Å². The maximum atomic E-state index is 11.7. The number of carbonyl (C=O) groups is 1. The first-order valence-corrected chi connectivity index (χ1v) is 7.19. The lowest BCUT2D eigenvalue weighted by atomic mass is 10.1. The predicted octanol–water partition coefficient (Wildman–Crippen LogP) is 2.04. The Morgan fingerprint density at radius 2 is 2.11 bits per heavy atom. The Kier molecular flexibility index (Phi) is 5.89. The fourth-order valence-electron chi connectivity index (χ4n) is 2.36. The van der Waals surface area contributed by atoms with Crippen LogP contribution in [-0.2, 0) is 11.2 Å². The molecule has 1 saturated heterocycles. The SMILES string of the molecule is O=C(CCc1ccccc1)NCCCN1C[CH]CC1. The van der Waals surface area contributed by atoms with Crippen molar-refractivity contribution in [3.05, 3.63) is 42.3 Å². The Hall–Kier alpha value is -1.35. The van der Waals surface area contributed by atoms with E-state index < -0.39 is 0 Å². The van der Waals surface area contributed by atoms with Crippen molar-refractivity contribution in [1.29, 1.82) is 0 Å². The first kappa shape index (κ1) is 14.1. The largest absolute Gasteiger partial charge is 0.356 e. The molecule has 1 radical (unpaired) electrons. The summed E-state index contributed by atoms with van der Waals surface area (Å²) in [4.78, 5) is 14.1. The normalized spacial score (nSPS) is 15.6. The monoisotopic (exact) mass is 259 g/mol. The van der Waals surface area contributed by atoms with E-state index >= 15 is 0 Å². The van der Waals surface area contributed by atoms with Crippen LogP contribution in [0.5, 0.6) is 0 Å². The molecule has 0 bridgehead atoms. The van der Waals surface area contributed by atoms with Gasteiger partial charge >= 0.3 is 0 Å². The molecule has 1 heterocycles. The summed E-state index contributed by atoms with van der Waals surface area (Å²) in [5.41, 5.74) is 1.23. The van der Waals surface area contributed by atoms with E-state index in [9.17, 15) is 4.79 Å². The number of hydrogen-bond donors (Lipinski definition) is 1. The lowest BCUT2D eigenvalue weighted by Crippen LogP contribution is -2.28. The lowest BCUT2D eigenvalue weighted by molar-refractivity contribution is -0.121. The number of carbonyl (C=O) groups excluding carboxylic acids is 1. The van der Waals surface area contributed by atoms with E-state index in [-0.39, 0.29) is 5.91 Å². The molecule has 0 saturated carbocycles. The molecule has 1 aromatic carbocycles. The van der Waals surface area contributed by atoms with E-state index in [0.29, 0.717) is 6.42 Å². The Balaban J connectivity index is 1.52. The van der Waals surface area contributed by atoms with Gasteiger partial charge in [0.05, 0.1) is 0 Å². The van der Waals surface area contributed by atoms with Gasteiger partial charge in [-0.05, 0) is 44.3 Å². The molecule has 1 aromatic rings. The van der Waals surface area contributed by atoms with Crippen LogP contribution < -0.4 is 5.32 Å². The second-order valence-corrected chi connectivity index (χ2v) is 5.07. The highest BCUT2D eigenvalue weighted by molar-refractivity contribution is 5.76. The molecule has 1 N–H and O–H groups in total. The van der Waals surface area contributed by atoms with E-state index in [1.54, 1.807) is 0 Å². The van der Waals surface area contributed by atoms with Gasteiger partial charge in [-0.1, -0.05) is 30.3 Å². The lowest BCUT2D eigenvalue weighted by Gasteiger charge is -2.14. The molecule has 0 unspecified atom stereocenters. The zero-order chi connectivity index (χ0) is 13.3. The Morgan fingerprint density at radius 3 is 2.84 bits per heavy atom. The third-order valence-corrected chi connectivity index (χ3v) is 3.49. The molecule has 2 rings (SSSR count). The standard InChI is InChI=1S/C16H23N2O/c19-16(10-9-15-7-2-1-3-8-15)17-11-6-14-18-12-4-5-13-18/h1-4,7-8H,5-6,9-14H2,(H,17,19). The zero-order valence-corrected chi connectivity index (χ0v) is 11.5. The minimum atomic E-state index is 0.164. The second kappa shape index (κ2) is 7.95. The smallest absolute Gasteiger partial charge is 0.220 e. The molecule has 103 valence electrons. The highest BCUT2D eigenvalue weighted by Crippen LogP contribution is 2.06. The number of amides is 1. The van der Waals surface area contributed by atoms with Crippen LogP contribution in [0.1, 0.15) is 24.8 Å². The number of hydrogen-bond acceptors (Lipinski definition) is 2. The molecule has 3 heteroatoms. The van der Waals surface area contributed by atoms with E-state index in [1.165, 1.54) is 18.5 Å². The summed E-state index contributed by atoms with van der Waals surface area (Å²) in [6.07, 6.45) is 5.99. The van der Waals surface area contributed by atoms with Crippen LogP contribution in [0, 0.1) is 6.42 Å². The van der Waals surface area contributed by atoms with E-state index in [4.69, 9.17) is 0 Å². The van der Waals surface area contributed by atoms with E-state index in [0.717, 1.165) is 32.5 Å². The molecule has 0 aromatic heterocycles. The molecule has 1 aliphatic heterocycles. The van der Waals surface area contributed by atoms with Crippen LogP contribution in [0.2, 0.25) is 0 Å². The second-order valence-electron chi connectivity index (χ2n) is 5.07. The van der Waals surface area contributed by atoms with Crippen molar-refractivity contribution in [3.8, 4) is 0 Å². The molecule has 0 spiro atoms. The summed E-state index contributed by atoms with van der Waals surface area (Å²) in [6, 6.07) is 10.2. The van der Waals surface area contributed by atoms with Crippen molar-refractivity contribution in [3.63, 3.8) is 0 Å². The Bertz CT molecular complexity index is 372. The summed E-state index contributed by atoms with van der Waals surface area (Å²) in [6.45, 7) is 4.18. The number of nitrogens with zero attached hydrogens (tertiary/aromatic N) is 1. The maximum Gasteiger partial charge on any atom is 0.220 e. The molecule has 3 nitrogen and oxygen atoms in total. The molecule has 1 aliphatic rings. The number of rotatable bonds is 7. The van der Waals surface area contributed by atoms with Gasteiger partial charge in [-0.15, -0.1) is 0 Å². The van der Waals surface area contributed by atoms with Gasteiger partial charge in [-0.2, -0.15) is 0 Å². The van der Waals surface area contributed by atoms with Gasteiger partial charge < -0.3 is 10.2 Å². The number of benzene rings is 1. The average molecular weight is 259 g/mol. The van der Waals surface area contributed by atoms with Crippen molar-refractivity contribution in [1.82, 2.24) is 10.2 Å². The van der Waals surface area contributed by atoms with Crippen molar-refractivity contribution in [2.24, 2.45) is 0 Å². The third kappa shape index (κ3) is 5.43. The molecular formula is C16H23N2O. The minimum Gasteiger partial charge on any atom is -0.356 e. The van der Waals surface area contributed by atoms with Gasteiger partial charge in [0.2, 0.25) is 5.91 Å². The van der Waals surface area contributed by atoms with Crippen molar-refractivity contribution >= 4 is 5.91 Å². The van der Waals surface area contributed by atoms with Gasteiger partial charge in [0.15, 0.2) is 0 Å². The van der Waals surface area contributed by atoms with Crippen LogP contribution in [0.3, 0.4) is 0 Å². The van der Waals surface area contributed by atoms with Crippen LogP contribution in [0.25, 0.3) is 0 Å². The molecular weight excluding hydrogens is 236 g/mol. The topological polar surface area (TPSA) is 32.3 Å². The number of nitrogens with one attached hydrogen (secondary N) is 1. The van der Waals surface area contributed by atoms with Gasteiger partial charge in [-0.3, -0.25) is 4.79 Å². The summed E-state index contributed by atoms with van der Waals surface area (Å²) < 4.78 is 0. The average Bonchev–Trinajstić information content (AvgIpc) is 2.96. The number of aryl methyl sites for hydroxylation is 1. The highest BCUT2D eigenvalue weighted by Gasteiger charge is 2.10. The van der Waals surface area contributed by atoms with Crippen LogP contribution in [-0.4, -0.2) is 37.0 Å². The summed E-state index contributed by atoms with van der Waals surface area (Å²) in [5, 5.41) is 3.00. The fraction of sp³-hybridized carbons (Fsp3) is 0.500. The van der Waals surface area contributed by atoms with Gasteiger partial charge in [0, 0.05) is 19.5 Å². The van der Waals surface area contributed by atoms with Gasteiger partial charge in [0.25, 0.3) is 0 Å². The molecule has 0 aliphatic carbocycles. The summed E-state index contributed by atoms with van der Waals surface area (Å²) in [7, 11) is 0. The molecule has 19 heavy (non-hydrogen) atoms. The van der Waals surface area contributed by atoms with E-state index in [2.05, 4.69) is 28.8 Å². The quantitative estimate of drug-likeness (QED) is 0.760. The summed E-state index contributed by atoms with van der Waals surface area (Å²) in [5.74, 6) is 0.164. The summed E-state index contributed by atoms with van der Waals surface area (Å²) >= 11 is 0. The fourth-order valence-corrected chi connectivity index (χ4v) is 2.36. The van der Waals surface area contributed by atoms with Gasteiger partial charge in [-0.25, -0.2) is 0 Å². The Morgan fingerprint density at radius 1 is 1.26 bits per heavy atom. The highest BCUT2D eigenvalue weighted by atomic mass is 16.1. The maximum absolute atomic E-state index is 11.7. The van der Waals surface area contributed by atoms with Crippen molar-refractivity contribution < 1.29 is 4.79 Å². The predicted molar refractivity (Wildman–Crippen MR) is 77.7 cm³/mol. The number of likely N-dealkylation sites (tertiary alicyclic amines) is 1. The van der Waals surface area contributed by atoms with Crippen LogP contribution in [0.4, 0.5) is 0 Å². The molecule has 0 atom stereocenters. The van der Waals surface area contributed by atoms with Crippen molar-refractivity contribution in [2.45, 2.75) is 25.7 Å². The van der Waals surface area contributed by atoms with Crippen LogP contribution >= 0.6 is 0 Å².